The predicted molar refractivity (Wildman–Crippen MR) is 115 cm³/mol. The number of carbonyl (C=O) groups excluding carboxylic acids is 1. The van der Waals surface area contributed by atoms with Crippen molar-refractivity contribution in [2.24, 2.45) is 5.92 Å². The van der Waals surface area contributed by atoms with E-state index in [4.69, 9.17) is 21.1 Å². The Bertz CT molecular complexity index is 886. The molecule has 164 valence electrons. The summed E-state index contributed by atoms with van der Waals surface area (Å²) in [5.41, 5.74) is 0.994. The first-order valence-corrected chi connectivity index (χ1v) is 10.7. The van der Waals surface area contributed by atoms with E-state index in [-0.39, 0.29) is 11.8 Å². The molecule has 0 unspecified atom stereocenters. The summed E-state index contributed by atoms with van der Waals surface area (Å²) in [6.07, 6.45) is 1.61. The van der Waals surface area contributed by atoms with Crippen LogP contribution in [0.2, 0.25) is 5.02 Å². The van der Waals surface area contributed by atoms with Crippen LogP contribution in [-0.2, 0) is 30.8 Å². The third-order valence-electron chi connectivity index (χ3n) is 5.62. The molecule has 0 saturated carbocycles. The number of hydrogen-bond donors (Lipinski definition) is 1. The normalized spacial score (nSPS) is 15.2. The zero-order valence-corrected chi connectivity index (χ0v) is 18.8. The van der Waals surface area contributed by atoms with E-state index in [1.165, 1.54) is 0 Å². The van der Waals surface area contributed by atoms with Gasteiger partial charge in [0.15, 0.2) is 17.3 Å². The maximum Gasteiger partial charge on any atom is 0.223 e. The van der Waals surface area contributed by atoms with Gasteiger partial charge in [-0.2, -0.15) is 0 Å². The molecule has 0 spiro atoms. The van der Waals surface area contributed by atoms with Crippen LogP contribution < -0.4 is 14.8 Å². The molecule has 0 aliphatic carbocycles. The highest BCUT2D eigenvalue weighted by molar-refractivity contribution is 6.31. The highest BCUT2D eigenvalue weighted by atomic mass is 35.5. The number of hydrogen-bond acceptors (Lipinski definition) is 6. The second kappa shape index (κ2) is 10.1. The summed E-state index contributed by atoms with van der Waals surface area (Å²) >= 11 is 6.47. The topological polar surface area (TPSA) is 81.5 Å². The molecule has 1 aliphatic rings. The number of nitrogens with one attached hydrogen (secondary N) is 1. The van der Waals surface area contributed by atoms with Crippen LogP contribution in [0.4, 0.5) is 0 Å². The minimum absolute atomic E-state index is 0.00162. The Morgan fingerprint density at radius 2 is 1.93 bits per heavy atom. The minimum atomic E-state index is -0.00162. The molecule has 0 radical (unpaired) electrons. The molecule has 1 atom stereocenters. The zero-order valence-electron chi connectivity index (χ0n) is 18.1. The van der Waals surface area contributed by atoms with E-state index in [0.29, 0.717) is 29.6 Å². The Morgan fingerprint density at radius 3 is 2.63 bits per heavy atom. The standard InChI is InChI=1S/C21H30ClN5O3/c1-5-14(2)21(28)23-12-20-25-24-19-6-7-26(8-9-27(19)20)13-15-10-17(29-3)18(30-4)11-16(15)22/h10-11,14H,5-9,12-13H2,1-4H3,(H,23,28)/t14-/m1/s1. The fraction of sp³-hybridized carbons (Fsp3) is 0.571. The lowest BCUT2D eigenvalue weighted by Crippen LogP contribution is -2.30. The van der Waals surface area contributed by atoms with Crippen molar-refractivity contribution in [1.29, 1.82) is 0 Å². The Balaban J connectivity index is 1.65. The van der Waals surface area contributed by atoms with E-state index in [1.807, 2.05) is 19.9 Å². The molecule has 0 bridgehead atoms. The molecule has 1 N–H and O–H groups in total. The van der Waals surface area contributed by atoms with Gasteiger partial charge in [-0.15, -0.1) is 10.2 Å². The van der Waals surface area contributed by atoms with Gasteiger partial charge >= 0.3 is 0 Å². The number of rotatable bonds is 8. The molecular weight excluding hydrogens is 406 g/mol. The molecule has 8 nitrogen and oxygen atoms in total. The summed E-state index contributed by atoms with van der Waals surface area (Å²) < 4.78 is 12.8. The number of ether oxygens (including phenoxy) is 2. The zero-order chi connectivity index (χ0) is 21.7. The monoisotopic (exact) mass is 435 g/mol. The van der Waals surface area contributed by atoms with E-state index in [2.05, 4.69) is 25.0 Å². The smallest absolute Gasteiger partial charge is 0.223 e. The van der Waals surface area contributed by atoms with Crippen molar-refractivity contribution in [2.75, 3.05) is 27.3 Å². The number of methoxy groups -OCH3 is 2. The summed E-state index contributed by atoms with van der Waals surface area (Å²) in [4.78, 5) is 14.4. The molecule has 0 fully saturated rings. The lowest BCUT2D eigenvalue weighted by atomic mass is 10.1. The number of amides is 1. The van der Waals surface area contributed by atoms with E-state index in [9.17, 15) is 4.79 Å². The number of nitrogens with zero attached hydrogens (tertiary/aromatic N) is 4. The summed E-state index contributed by atoms with van der Waals surface area (Å²) in [5.74, 6) is 3.09. The molecule has 2 heterocycles. The third kappa shape index (κ3) is 5.05. The van der Waals surface area contributed by atoms with Gasteiger partial charge in [-0.1, -0.05) is 25.4 Å². The van der Waals surface area contributed by atoms with Gasteiger partial charge in [0.1, 0.15) is 5.82 Å². The average Bonchev–Trinajstić information content (AvgIpc) is 3.04. The summed E-state index contributed by atoms with van der Waals surface area (Å²) in [5, 5.41) is 12.3. The summed E-state index contributed by atoms with van der Waals surface area (Å²) in [7, 11) is 3.22. The molecule has 9 heteroatoms. The highest BCUT2D eigenvalue weighted by Gasteiger charge is 2.21. The number of fused-ring (bicyclic) bond motifs is 1. The first-order chi connectivity index (χ1) is 14.5. The van der Waals surface area contributed by atoms with Gasteiger partial charge in [0.2, 0.25) is 5.91 Å². The number of benzene rings is 1. The van der Waals surface area contributed by atoms with Crippen LogP contribution in [0.25, 0.3) is 0 Å². The van der Waals surface area contributed by atoms with Gasteiger partial charge in [-0.3, -0.25) is 9.69 Å². The van der Waals surface area contributed by atoms with Gasteiger partial charge in [0.25, 0.3) is 0 Å². The summed E-state index contributed by atoms with van der Waals surface area (Å²) in [6, 6.07) is 3.72. The van der Waals surface area contributed by atoms with E-state index in [0.717, 1.165) is 49.7 Å². The molecule has 30 heavy (non-hydrogen) atoms. The first kappa shape index (κ1) is 22.4. The molecule has 1 aliphatic heterocycles. The maximum atomic E-state index is 12.1. The molecular formula is C21H30ClN5O3. The number of aromatic nitrogens is 3. The fourth-order valence-electron chi connectivity index (χ4n) is 3.50. The fourth-order valence-corrected chi connectivity index (χ4v) is 3.71. The Morgan fingerprint density at radius 1 is 1.20 bits per heavy atom. The van der Waals surface area contributed by atoms with Crippen LogP contribution >= 0.6 is 11.6 Å². The Hall–Kier alpha value is -2.32. The maximum absolute atomic E-state index is 12.1. The van der Waals surface area contributed by atoms with Crippen LogP contribution in [0.3, 0.4) is 0 Å². The van der Waals surface area contributed by atoms with Gasteiger partial charge in [-0.05, 0) is 18.1 Å². The van der Waals surface area contributed by atoms with Crippen LogP contribution in [0.15, 0.2) is 12.1 Å². The SMILES string of the molecule is CC[C@@H](C)C(=O)NCc1nnc2n1CCN(Cc1cc(OC)c(OC)cc1Cl)CC2. The average molecular weight is 436 g/mol. The highest BCUT2D eigenvalue weighted by Crippen LogP contribution is 2.33. The molecule has 0 saturated heterocycles. The first-order valence-electron chi connectivity index (χ1n) is 10.3. The Labute approximate surface area is 182 Å². The second-order valence-corrected chi connectivity index (χ2v) is 7.94. The van der Waals surface area contributed by atoms with Crippen LogP contribution in [0.5, 0.6) is 11.5 Å². The van der Waals surface area contributed by atoms with Crippen LogP contribution in [0.1, 0.15) is 37.5 Å². The largest absolute Gasteiger partial charge is 0.493 e. The van der Waals surface area contributed by atoms with Crippen molar-refractivity contribution in [3.8, 4) is 11.5 Å². The number of carbonyl (C=O) groups is 1. The number of halogens is 1. The lowest BCUT2D eigenvalue weighted by Gasteiger charge is -2.21. The second-order valence-electron chi connectivity index (χ2n) is 7.54. The van der Waals surface area contributed by atoms with Gasteiger partial charge in [0, 0.05) is 49.6 Å². The molecule has 1 aromatic carbocycles. The van der Waals surface area contributed by atoms with E-state index < -0.39 is 0 Å². The van der Waals surface area contributed by atoms with Crippen molar-refractivity contribution < 1.29 is 14.3 Å². The molecule has 1 amide bonds. The quantitative estimate of drug-likeness (QED) is 0.686. The summed E-state index contributed by atoms with van der Waals surface area (Å²) in [6.45, 7) is 7.49. The van der Waals surface area contributed by atoms with Crippen molar-refractivity contribution >= 4 is 17.5 Å². The van der Waals surface area contributed by atoms with Crippen molar-refractivity contribution in [1.82, 2.24) is 25.0 Å². The molecule has 3 rings (SSSR count). The van der Waals surface area contributed by atoms with Crippen LogP contribution in [-0.4, -0.2) is 52.9 Å². The van der Waals surface area contributed by atoms with Crippen molar-refractivity contribution in [3.05, 3.63) is 34.4 Å². The van der Waals surface area contributed by atoms with Crippen LogP contribution in [0, 0.1) is 5.92 Å². The van der Waals surface area contributed by atoms with E-state index in [1.54, 1.807) is 20.3 Å². The Kier molecular flexibility index (Phi) is 7.55. The van der Waals surface area contributed by atoms with Gasteiger partial charge in [0.05, 0.1) is 20.8 Å². The van der Waals surface area contributed by atoms with Crippen molar-refractivity contribution in [3.63, 3.8) is 0 Å². The van der Waals surface area contributed by atoms with Crippen molar-refractivity contribution in [2.45, 2.75) is 46.3 Å². The third-order valence-corrected chi connectivity index (χ3v) is 5.97. The predicted octanol–water partition coefficient (Wildman–Crippen LogP) is 2.67. The lowest BCUT2D eigenvalue weighted by molar-refractivity contribution is -0.124. The van der Waals surface area contributed by atoms with Gasteiger partial charge < -0.3 is 19.4 Å². The molecule has 1 aromatic heterocycles. The van der Waals surface area contributed by atoms with Gasteiger partial charge in [-0.25, -0.2) is 0 Å². The van der Waals surface area contributed by atoms with E-state index >= 15 is 0 Å². The molecule has 2 aromatic rings. The minimum Gasteiger partial charge on any atom is -0.493 e.